The lowest BCUT2D eigenvalue weighted by molar-refractivity contribution is 0.207. The van der Waals surface area contributed by atoms with Crippen LogP contribution in [0.1, 0.15) is 46.4 Å². The van der Waals surface area contributed by atoms with E-state index in [-0.39, 0.29) is 17.4 Å². The van der Waals surface area contributed by atoms with Crippen molar-refractivity contribution in [3.63, 3.8) is 0 Å². The van der Waals surface area contributed by atoms with Crippen LogP contribution in [-0.2, 0) is 6.42 Å². The van der Waals surface area contributed by atoms with E-state index < -0.39 is 5.82 Å². The minimum Gasteiger partial charge on any atom is -0.486 e. The van der Waals surface area contributed by atoms with Crippen LogP contribution in [0.2, 0.25) is 0 Å². The van der Waals surface area contributed by atoms with Crippen LogP contribution < -0.4 is 10.5 Å². The van der Waals surface area contributed by atoms with Gasteiger partial charge < -0.3 is 14.9 Å². The summed E-state index contributed by atoms with van der Waals surface area (Å²) >= 11 is 0. The summed E-state index contributed by atoms with van der Waals surface area (Å²) < 4.78 is 25.8. The van der Waals surface area contributed by atoms with Gasteiger partial charge in [0.25, 0.3) is 0 Å². The van der Waals surface area contributed by atoms with E-state index >= 15 is 0 Å². The number of fused-ring (bicyclic) bond motifs is 1. The molecule has 7 heteroatoms. The van der Waals surface area contributed by atoms with Gasteiger partial charge in [-0.15, -0.1) is 0 Å². The van der Waals surface area contributed by atoms with Crippen molar-refractivity contribution >= 4 is 11.4 Å². The van der Waals surface area contributed by atoms with Crippen molar-refractivity contribution in [1.82, 2.24) is 4.98 Å². The molecule has 3 aromatic rings. The van der Waals surface area contributed by atoms with E-state index in [0.29, 0.717) is 47.1 Å². The Bertz CT molecular complexity index is 1130. The molecule has 1 aliphatic carbocycles. The molecule has 2 aromatic carbocycles. The number of nitrogens with one attached hydrogen (secondary N) is 1. The average Bonchev–Trinajstić information content (AvgIpc) is 3.30. The highest BCUT2D eigenvalue weighted by atomic mass is 19.1. The van der Waals surface area contributed by atoms with Crippen LogP contribution in [-0.4, -0.2) is 10.7 Å². The maximum atomic E-state index is 14.4. The summed E-state index contributed by atoms with van der Waals surface area (Å²) in [6.07, 6.45) is 2.28. The molecule has 140 valence electrons. The lowest BCUT2D eigenvalue weighted by Gasteiger charge is -2.16. The minimum absolute atomic E-state index is 0.0463. The summed E-state index contributed by atoms with van der Waals surface area (Å²) in [6, 6.07) is 10.1. The van der Waals surface area contributed by atoms with Crippen LogP contribution >= 0.6 is 0 Å². The van der Waals surface area contributed by atoms with Gasteiger partial charge in [-0.05, 0) is 48.2 Å². The number of oxazole rings is 1. The number of ether oxygens (including phenoxy) is 1. The van der Waals surface area contributed by atoms with E-state index in [0.717, 1.165) is 5.56 Å². The maximum absolute atomic E-state index is 14.4. The van der Waals surface area contributed by atoms with E-state index in [9.17, 15) is 4.39 Å². The molecule has 3 N–H and O–H groups in total. The third-order valence-corrected chi connectivity index (χ3v) is 4.84. The second-order valence-corrected chi connectivity index (χ2v) is 6.62. The fourth-order valence-electron chi connectivity index (χ4n) is 3.43. The SMILES string of the molecule is Cc1ncc(C(=N)c2cc(O[C@@H]3CCc4c3ccc(C#N)c4F)ccc2N)o1. The summed E-state index contributed by atoms with van der Waals surface area (Å²) in [5.74, 6) is 0.838. The molecule has 1 heterocycles. The van der Waals surface area contributed by atoms with Gasteiger partial charge in [0.1, 0.15) is 29.5 Å². The van der Waals surface area contributed by atoms with Crippen molar-refractivity contribution in [3.05, 3.63) is 76.3 Å². The van der Waals surface area contributed by atoms with Crippen molar-refractivity contribution in [3.8, 4) is 11.8 Å². The zero-order valence-electron chi connectivity index (χ0n) is 15.1. The monoisotopic (exact) mass is 376 g/mol. The van der Waals surface area contributed by atoms with Crippen LogP contribution in [0.3, 0.4) is 0 Å². The molecule has 0 saturated heterocycles. The van der Waals surface area contributed by atoms with Gasteiger partial charge in [-0.25, -0.2) is 9.37 Å². The largest absolute Gasteiger partial charge is 0.486 e. The minimum atomic E-state index is -0.466. The number of anilines is 1. The quantitative estimate of drug-likeness (QED) is 0.527. The van der Waals surface area contributed by atoms with Crippen LogP contribution in [0, 0.1) is 29.5 Å². The Morgan fingerprint density at radius 3 is 2.93 bits per heavy atom. The second-order valence-electron chi connectivity index (χ2n) is 6.62. The molecule has 0 amide bonds. The highest BCUT2D eigenvalue weighted by Gasteiger charge is 2.28. The molecule has 6 nitrogen and oxygen atoms in total. The number of nitrogen functional groups attached to an aromatic ring is 1. The number of benzene rings is 2. The third kappa shape index (κ3) is 2.99. The van der Waals surface area contributed by atoms with Crippen molar-refractivity contribution in [2.24, 2.45) is 0 Å². The van der Waals surface area contributed by atoms with Crippen molar-refractivity contribution < 1.29 is 13.5 Å². The van der Waals surface area contributed by atoms with Gasteiger partial charge in [-0.1, -0.05) is 6.07 Å². The Labute approximate surface area is 160 Å². The predicted molar refractivity (Wildman–Crippen MR) is 101 cm³/mol. The number of aryl methyl sites for hydroxylation is 1. The summed E-state index contributed by atoms with van der Waals surface area (Å²) in [5.41, 5.74) is 8.36. The zero-order valence-corrected chi connectivity index (χ0v) is 15.1. The molecule has 1 aromatic heterocycles. The Morgan fingerprint density at radius 1 is 1.39 bits per heavy atom. The summed E-state index contributed by atoms with van der Waals surface area (Å²) in [4.78, 5) is 4.01. The van der Waals surface area contributed by atoms with Gasteiger partial charge in [0.05, 0.1) is 11.8 Å². The van der Waals surface area contributed by atoms with E-state index in [1.807, 2.05) is 6.07 Å². The van der Waals surface area contributed by atoms with Crippen molar-refractivity contribution in [1.29, 1.82) is 10.7 Å². The van der Waals surface area contributed by atoms with Crippen LogP contribution in [0.5, 0.6) is 5.75 Å². The van der Waals surface area contributed by atoms with Crippen LogP contribution in [0.4, 0.5) is 10.1 Å². The molecule has 0 aliphatic heterocycles. The number of rotatable bonds is 4. The van der Waals surface area contributed by atoms with Gasteiger partial charge in [-0.3, -0.25) is 5.41 Å². The fraction of sp³-hybridized carbons (Fsp3) is 0.190. The second kappa shape index (κ2) is 6.82. The molecule has 0 bridgehead atoms. The molecular formula is C21H17FN4O2. The van der Waals surface area contributed by atoms with Crippen molar-refractivity contribution in [2.45, 2.75) is 25.9 Å². The van der Waals surface area contributed by atoms with Gasteiger partial charge >= 0.3 is 0 Å². The Hall–Kier alpha value is -3.66. The Morgan fingerprint density at radius 2 is 2.21 bits per heavy atom. The van der Waals surface area contributed by atoms with Crippen LogP contribution in [0.15, 0.2) is 40.9 Å². The molecule has 0 fully saturated rings. The molecule has 4 rings (SSSR count). The van der Waals surface area contributed by atoms with Crippen molar-refractivity contribution in [2.75, 3.05) is 5.73 Å². The normalized spacial score (nSPS) is 15.1. The van der Waals surface area contributed by atoms with Gasteiger partial charge in [0.15, 0.2) is 11.7 Å². The number of aromatic nitrogens is 1. The highest BCUT2D eigenvalue weighted by Crippen LogP contribution is 2.37. The number of hydrogen-bond donors (Lipinski definition) is 2. The van der Waals surface area contributed by atoms with E-state index in [1.54, 1.807) is 31.2 Å². The molecule has 28 heavy (non-hydrogen) atoms. The van der Waals surface area contributed by atoms with Gasteiger partial charge in [0, 0.05) is 18.2 Å². The first-order valence-corrected chi connectivity index (χ1v) is 8.77. The molecule has 0 spiro atoms. The van der Waals surface area contributed by atoms with E-state index in [1.165, 1.54) is 12.3 Å². The number of hydrogen-bond acceptors (Lipinski definition) is 6. The fourth-order valence-corrected chi connectivity index (χ4v) is 3.43. The number of halogens is 1. The smallest absolute Gasteiger partial charge is 0.191 e. The summed E-state index contributed by atoms with van der Waals surface area (Å²) in [7, 11) is 0. The lowest BCUT2D eigenvalue weighted by Crippen LogP contribution is -2.08. The van der Waals surface area contributed by atoms with Crippen LogP contribution in [0.25, 0.3) is 0 Å². The number of nitriles is 1. The summed E-state index contributed by atoms with van der Waals surface area (Å²) in [6.45, 7) is 1.70. The number of nitrogens with zero attached hydrogens (tertiary/aromatic N) is 2. The lowest BCUT2D eigenvalue weighted by atomic mass is 10.0. The van der Waals surface area contributed by atoms with Gasteiger partial charge in [0.2, 0.25) is 0 Å². The number of nitrogens with two attached hydrogens (primary N) is 1. The molecule has 0 unspecified atom stereocenters. The summed E-state index contributed by atoms with van der Waals surface area (Å²) in [5, 5.41) is 17.3. The molecule has 1 aliphatic rings. The highest BCUT2D eigenvalue weighted by molar-refractivity contribution is 6.12. The Kier molecular flexibility index (Phi) is 4.32. The maximum Gasteiger partial charge on any atom is 0.191 e. The molecule has 1 atom stereocenters. The standard InChI is InChI=1S/C21H17FN4O2/c1-11-26-10-19(27-11)21(25)16-8-13(3-6-17(16)24)28-18-7-5-15-14(18)4-2-12(9-23)20(15)22/h2-4,6,8,10,18,25H,5,7,24H2,1H3/t18-/m1/s1. The first-order valence-electron chi connectivity index (χ1n) is 8.77. The first-order chi connectivity index (χ1) is 13.5. The van der Waals surface area contributed by atoms with Gasteiger partial charge in [-0.2, -0.15) is 5.26 Å². The van der Waals surface area contributed by atoms with E-state index in [4.69, 9.17) is 25.6 Å². The van der Waals surface area contributed by atoms with E-state index in [2.05, 4.69) is 4.98 Å². The predicted octanol–water partition coefficient (Wildman–Crippen LogP) is 4.06. The zero-order chi connectivity index (χ0) is 19.8. The third-order valence-electron chi connectivity index (χ3n) is 4.84. The topological polar surface area (TPSA) is 109 Å². The average molecular weight is 376 g/mol. The molecule has 0 radical (unpaired) electrons. The molecule has 0 saturated carbocycles. The molecular weight excluding hydrogens is 359 g/mol. The Balaban J connectivity index is 1.62. The first kappa shape index (κ1) is 17.7.